The SMILES string of the molecule is CNc1ncccc1C(=O)NCCOCCOC. The topological polar surface area (TPSA) is 72.5 Å². The van der Waals surface area contributed by atoms with Crippen molar-refractivity contribution in [3.63, 3.8) is 0 Å². The van der Waals surface area contributed by atoms with Crippen molar-refractivity contribution >= 4 is 11.7 Å². The van der Waals surface area contributed by atoms with E-state index in [9.17, 15) is 4.79 Å². The number of hydrogen-bond donors (Lipinski definition) is 2. The summed E-state index contributed by atoms with van der Waals surface area (Å²) in [5, 5.41) is 5.64. The predicted molar refractivity (Wildman–Crippen MR) is 68.8 cm³/mol. The van der Waals surface area contributed by atoms with E-state index in [2.05, 4.69) is 15.6 Å². The van der Waals surface area contributed by atoms with Crippen molar-refractivity contribution in [1.82, 2.24) is 10.3 Å². The van der Waals surface area contributed by atoms with Crippen LogP contribution in [0, 0.1) is 0 Å². The molecule has 0 aliphatic heterocycles. The Hall–Kier alpha value is -1.66. The van der Waals surface area contributed by atoms with Gasteiger partial charge in [-0.2, -0.15) is 0 Å². The van der Waals surface area contributed by atoms with Gasteiger partial charge in [-0.15, -0.1) is 0 Å². The molecule has 0 bridgehead atoms. The third-order valence-electron chi connectivity index (χ3n) is 2.25. The first kappa shape index (κ1) is 14.4. The van der Waals surface area contributed by atoms with Gasteiger partial charge >= 0.3 is 0 Å². The molecule has 0 spiro atoms. The molecule has 1 heterocycles. The number of methoxy groups -OCH3 is 1. The average Bonchev–Trinajstić information content (AvgIpc) is 2.42. The molecule has 0 radical (unpaired) electrons. The fraction of sp³-hybridized carbons (Fsp3) is 0.500. The molecule has 0 saturated carbocycles. The van der Waals surface area contributed by atoms with Crippen molar-refractivity contribution in [2.45, 2.75) is 0 Å². The zero-order valence-corrected chi connectivity index (χ0v) is 10.7. The van der Waals surface area contributed by atoms with Gasteiger partial charge < -0.3 is 20.1 Å². The number of carbonyl (C=O) groups excluding carboxylic acids is 1. The van der Waals surface area contributed by atoms with Crippen LogP contribution in [0.3, 0.4) is 0 Å². The zero-order valence-electron chi connectivity index (χ0n) is 10.7. The highest BCUT2D eigenvalue weighted by atomic mass is 16.5. The maximum atomic E-state index is 11.8. The van der Waals surface area contributed by atoms with Crippen LogP contribution in [0.25, 0.3) is 0 Å². The highest BCUT2D eigenvalue weighted by Gasteiger charge is 2.09. The number of pyridine rings is 1. The van der Waals surface area contributed by atoms with Gasteiger partial charge in [0.1, 0.15) is 5.82 Å². The molecule has 0 aliphatic carbocycles. The predicted octanol–water partition coefficient (Wildman–Crippen LogP) is 0.516. The van der Waals surface area contributed by atoms with Gasteiger partial charge in [0.15, 0.2) is 0 Å². The third kappa shape index (κ3) is 4.68. The minimum Gasteiger partial charge on any atom is -0.382 e. The number of amides is 1. The van der Waals surface area contributed by atoms with E-state index in [0.29, 0.717) is 37.7 Å². The summed E-state index contributed by atoms with van der Waals surface area (Å²) in [5.74, 6) is 0.401. The minimum atomic E-state index is -0.164. The lowest BCUT2D eigenvalue weighted by molar-refractivity contribution is 0.0693. The highest BCUT2D eigenvalue weighted by Crippen LogP contribution is 2.09. The monoisotopic (exact) mass is 253 g/mol. The van der Waals surface area contributed by atoms with E-state index in [0.717, 1.165) is 0 Å². The normalized spacial score (nSPS) is 10.1. The second-order valence-electron chi connectivity index (χ2n) is 3.51. The standard InChI is InChI=1S/C12H19N3O3/c1-13-11-10(4-3-5-14-11)12(16)15-6-7-18-9-8-17-2/h3-5H,6-9H2,1-2H3,(H,13,14)(H,15,16). The molecular formula is C12H19N3O3. The Labute approximate surface area is 107 Å². The number of anilines is 1. The highest BCUT2D eigenvalue weighted by molar-refractivity contribution is 5.98. The quantitative estimate of drug-likeness (QED) is 0.661. The molecule has 0 fully saturated rings. The number of rotatable bonds is 8. The molecule has 0 atom stereocenters. The molecule has 18 heavy (non-hydrogen) atoms. The minimum absolute atomic E-state index is 0.164. The van der Waals surface area contributed by atoms with Crippen molar-refractivity contribution in [2.24, 2.45) is 0 Å². The fourth-order valence-corrected chi connectivity index (χ4v) is 1.36. The van der Waals surface area contributed by atoms with Crippen molar-refractivity contribution < 1.29 is 14.3 Å². The summed E-state index contributed by atoms with van der Waals surface area (Å²) >= 11 is 0. The molecule has 1 rings (SSSR count). The number of nitrogens with one attached hydrogen (secondary N) is 2. The maximum absolute atomic E-state index is 11.8. The molecule has 2 N–H and O–H groups in total. The van der Waals surface area contributed by atoms with E-state index in [4.69, 9.17) is 9.47 Å². The number of ether oxygens (including phenoxy) is 2. The summed E-state index contributed by atoms with van der Waals surface area (Å²) in [7, 11) is 3.35. The molecule has 0 aromatic carbocycles. The van der Waals surface area contributed by atoms with E-state index in [1.54, 1.807) is 32.5 Å². The number of nitrogens with zero attached hydrogens (tertiary/aromatic N) is 1. The van der Waals surface area contributed by atoms with Crippen molar-refractivity contribution in [3.05, 3.63) is 23.9 Å². The molecule has 100 valence electrons. The largest absolute Gasteiger partial charge is 0.382 e. The Bertz CT molecular complexity index is 371. The molecule has 0 aliphatic rings. The molecule has 1 aromatic rings. The molecular weight excluding hydrogens is 234 g/mol. The lowest BCUT2D eigenvalue weighted by Crippen LogP contribution is -2.28. The Morgan fingerprint density at radius 3 is 2.94 bits per heavy atom. The molecule has 6 heteroatoms. The van der Waals surface area contributed by atoms with Crippen LogP contribution in [0.5, 0.6) is 0 Å². The summed E-state index contributed by atoms with van der Waals surface area (Å²) < 4.78 is 10.1. The van der Waals surface area contributed by atoms with Gasteiger partial charge in [0.2, 0.25) is 0 Å². The van der Waals surface area contributed by atoms with E-state index in [-0.39, 0.29) is 5.91 Å². The maximum Gasteiger partial charge on any atom is 0.255 e. The fourth-order valence-electron chi connectivity index (χ4n) is 1.36. The lowest BCUT2D eigenvalue weighted by Gasteiger charge is -2.09. The third-order valence-corrected chi connectivity index (χ3v) is 2.25. The summed E-state index contributed by atoms with van der Waals surface area (Å²) in [6, 6.07) is 3.45. The second kappa shape index (κ2) is 8.43. The van der Waals surface area contributed by atoms with Crippen LogP contribution in [-0.4, -0.2) is 51.4 Å². The van der Waals surface area contributed by atoms with E-state index < -0.39 is 0 Å². The van der Waals surface area contributed by atoms with Crippen LogP contribution >= 0.6 is 0 Å². The number of aromatic nitrogens is 1. The van der Waals surface area contributed by atoms with Crippen LogP contribution in [0.2, 0.25) is 0 Å². The molecule has 0 unspecified atom stereocenters. The smallest absolute Gasteiger partial charge is 0.255 e. The van der Waals surface area contributed by atoms with Crippen LogP contribution in [0.1, 0.15) is 10.4 Å². The molecule has 0 saturated heterocycles. The van der Waals surface area contributed by atoms with Crippen molar-refractivity contribution in [2.75, 3.05) is 45.8 Å². The first-order valence-electron chi connectivity index (χ1n) is 5.77. The van der Waals surface area contributed by atoms with Gasteiger partial charge in [-0.05, 0) is 12.1 Å². The lowest BCUT2D eigenvalue weighted by atomic mass is 10.2. The molecule has 1 aromatic heterocycles. The first-order chi connectivity index (χ1) is 8.79. The first-order valence-corrected chi connectivity index (χ1v) is 5.77. The van der Waals surface area contributed by atoms with Gasteiger partial charge in [0, 0.05) is 26.9 Å². The van der Waals surface area contributed by atoms with E-state index >= 15 is 0 Å². The number of carbonyl (C=O) groups is 1. The molecule has 6 nitrogen and oxygen atoms in total. The Balaban J connectivity index is 2.32. The van der Waals surface area contributed by atoms with Gasteiger partial charge in [-0.25, -0.2) is 4.98 Å². The van der Waals surface area contributed by atoms with Gasteiger partial charge in [-0.1, -0.05) is 0 Å². The van der Waals surface area contributed by atoms with Crippen LogP contribution in [0.15, 0.2) is 18.3 Å². The Morgan fingerprint density at radius 1 is 1.39 bits per heavy atom. The second-order valence-corrected chi connectivity index (χ2v) is 3.51. The van der Waals surface area contributed by atoms with Gasteiger partial charge in [0.25, 0.3) is 5.91 Å². The van der Waals surface area contributed by atoms with E-state index in [1.165, 1.54) is 0 Å². The van der Waals surface area contributed by atoms with Gasteiger partial charge in [-0.3, -0.25) is 4.79 Å². The average molecular weight is 253 g/mol. The zero-order chi connectivity index (χ0) is 13.2. The van der Waals surface area contributed by atoms with E-state index in [1.807, 2.05) is 0 Å². The Kier molecular flexibility index (Phi) is 6.75. The van der Waals surface area contributed by atoms with Crippen LogP contribution in [0.4, 0.5) is 5.82 Å². The summed E-state index contributed by atoms with van der Waals surface area (Å²) in [6.45, 7) is 2.01. The van der Waals surface area contributed by atoms with Crippen LogP contribution in [-0.2, 0) is 9.47 Å². The Morgan fingerprint density at radius 2 is 2.22 bits per heavy atom. The molecule has 1 amide bonds. The summed E-state index contributed by atoms with van der Waals surface area (Å²) in [6.07, 6.45) is 1.64. The summed E-state index contributed by atoms with van der Waals surface area (Å²) in [4.78, 5) is 15.9. The van der Waals surface area contributed by atoms with Crippen molar-refractivity contribution in [1.29, 1.82) is 0 Å². The van der Waals surface area contributed by atoms with Crippen molar-refractivity contribution in [3.8, 4) is 0 Å². The summed E-state index contributed by atoms with van der Waals surface area (Å²) in [5.41, 5.74) is 0.525. The van der Waals surface area contributed by atoms with Crippen LogP contribution < -0.4 is 10.6 Å². The van der Waals surface area contributed by atoms with Gasteiger partial charge in [0.05, 0.1) is 25.4 Å². The number of hydrogen-bond acceptors (Lipinski definition) is 5.